The van der Waals surface area contributed by atoms with Crippen molar-refractivity contribution < 1.29 is 23.7 Å². The van der Waals surface area contributed by atoms with Gasteiger partial charge in [0.15, 0.2) is 11.5 Å². The van der Waals surface area contributed by atoms with Crippen molar-refractivity contribution in [1.29, 1.82) is 5.26 Å². The number of ether oxygens (including phenoxy) is 4. The van der Waals surface area contributed by atoms with Crippen LogP contribution in [0.3, 0.4) is 0 Å². The van der Waals surface area contributed by atoms with E-state index >= 15 is 0 Å². The number of rotatable bonds is 11. The van der Waals surface area contributed by atoms with Crippen LogP contribution in [0.25, 0.3) is 0 Å². The summed E-state index contributed by atoms with van der Waals surface area (Å²) in [7, 11) is 3.18. The zero-order chi connectivity index (χ0) is 20.2. The smallest absolute Gasteiger partial charge is 0.234 e. The summed E-state index contributed by atoms with van der Waals surface area (Å²) in [6, 6.07) is 14.8. The van der Waals surface area contributed by atoms with E-state index in [0.717, 1.165) is 11.3 Å². The molecule has 2 aromatic rings. The average Bonchev–Trinajstić information content (AvgIpc) is 2.72. The van der Waals surface area contributed by atoms with E-state index < -0.39 is 0 Å². The van der Waals surface area contributed by atoms with Crippen LogP contribution in [-0.4, -0.2) is 39.9 Å². The zero-order valence-electron chi connectivity index (χ0n) is 16.1. The van der Waals surface area contributed by atoms with Gasteiger partial charge in [-0.1, -0.05) is 18.2 Å². The number of benzene rings is 2. The molecule has 0 aliphatic carbocycles. The Bertz CT molecular complexity index is 817. The van der Waals surface area contributed by atoms with Crippen LogP contribution in [0.15, 0.2) is 42.5 Å². The van der Waals surface area contributed by atoms with Gasteiger partial charge in [0.2, 0.25) is 5.91 Å². The maximum atomic E-state index is 11.4. The van der Waals surface area contributed by atoms with Crippen molar-refractivity contribution in [3.05, 3.63) is 48.0 Å². The van der Waals surface area contributed by atoms with Crippen molar-refractivity contribution >= 4 is 5.91 Å². The highest BCUT2D eigenvalue weighted by Gasteiger charge is 2.11. The number of carbonyl (C=O) groups is 1. The fraction of sp³-hybridized carbons (Fsp3) is 0.333. The van der Waals surface area contributed by atoms with E-state index in [1.807, 2.05) is 42.5 Å². The molecule has 0 fully saturated rings. The number of amides is 1. The van der Waals surface area contributed by atoms with E-state index in [9.17, 15) is 4.79 Å². The Morgan fingerprint density at radius 1 is 1.04 bits per heavy atom. The Morgan fingerprint density at radius 2 is 1.79 bits per heavy atom. The maximum absolute atomic E-state index is 11.4. The Kier molecular flexibility index (Phi) is 8.47. The summed E-state index contributed by atoms with van der Waals surface area (Å²) < 4.78 is 22.1. The van der Waals surface area contributed by atoms with E-state index in [2.05, 4.69) is 5.32 Å². The predicted molar refractivity (Wildman–Crippen MR) is 104 cm³/mol. The number of nitrogens with zero attached hydrogens (tertiary/aromatic N) is 1. The van der Waals surface area contributed by atoms with Crippen molar-refractivity contribution in [1.82, 2.24) is 5.32 Å². The number of nitriles is 1. The van der Waals surface area contributed by atoms with Gasteiger partial charge in [-0.2, -0.15) is 5.26 Å². The Hall–Kier alpha value is -3.40. The SMILES string of the molecule is COc1cccc(OCCOc2c(CCNC(=O)CC#N)cccc2OC)c1. The van der Waals surface area contributed by atoms with Gasteiger partial charge in [-0.3, -0.25) is 4.79 Å². The van der Waals surface area contributed by atoms with Gasteiger partial charge in [-0.05, 0) is 30.2 Å². The average molecular weight is 384 g/mol. The summed E-state index contributed by atoms with van der Waals surface area (Å²) >= 11 is 0. The third-order valence-corrected chi connectivity index (χ3v) is 3.88. The molecule has 28 heavy (non-hydrogen) atoms. The lowest BCUT2D eigenvalue weighted by Crippen LogP contribution is -2.25. The zero-order valence-corrected chi connectivity index (χ0v) is 16.1. The van der Waals surface area contributed by atoms with E-state index in [1.165, 1.54) is 0 Å². The van der Waals surface area contributed by atoms with Gasteiger partial charge < -0.3 is 24.3 Å². The number of carbonyl (C=O) groups excluding carboxylic acids is 1. The molecule has 1 N–H and O–H groups in total. The van der Waals surface area contributed by atoms with Gasteiger partial charge in [-0.25, -0.2) is 0 Å². The second-order valence-corrected chi connectivity index (χ2v) is 5.76. The molecule has 0 saturated heterocycles. The summed E-state index contributed by atoms with van der Waals surface area (Å²) in [5.41, 5.74) is 0.901. The van der Waals surface area contributed by atoms with Crippen LogP contribution in [0, 0.1) is 11.3 Å². The van der Waals surface area contributed by atoms with Gasteiger partial charge >= 0.3 is 0 Å². The molecule has 2 rings (SSSR count). The first kappa shape index (κ1) is 20.9. The van der Waals surface area contributed by atoms with E-state index in [1.54, 1.807) is 20.3 Å². The van der Waals surface area contributed by atoms with Crippen LogP contribution in [0.2, 0.25) is 0 Å². The molecule has 7 heteroatoms. The number of methoxy groups -OCH3 is 2. The summed E-state index contributed by atoms with van der Waals surface area (Å²) in [5, 5.41) is 11.2. The third-order valence-electron chi connectivity index (χ3n) is 3.88. The van der Waals surface area contributed by atoms with Crippen LogP contribution < -0.4 is 24.3 Å². The maximum Gasteiger partial charge on any atom is 0.234 e. The highest BCUT2D eigenvalue weighted by molar-refractivity contribution is 5.77. The molecule has 0 spiro atoms. The Balaban J connectivity index is 1.91. The third kappa shape index (κ3) is 6.40. The molecule has 0 heterocycles. The van der Waals surface area contributed by atoms with Crippen LogP contribution in [0.1, 0.15) is 12.0 Å². The predicted octanol–water partition coefficient (Wildman–Crippen LogP) is 2.73. The molecule has 0 atom stereocenters. The minimum atomic E-state index is -0.292. The molecular weight excluding hydrogens is 360 g/mol. The Morgan fingerprint density at radius 3 is 2.54 bits per heavy atom. The normalized spacial score (nSPS) is 9.89. The van der Waals surface area contributed by atoms with E-state index in [-0.39, 0.29) is 12.3 Å². The fourth-order valence-electron chi connectivity index (χ4n) is 2.55. The lowest BCUT2D eigenvalue weighted by Gasteiger charge is -2.16. The topological polar surface area (TPSA) is 89.8 Å². The highest BCUT2D eigenvalue weighted by Crippen LogP contribution is 2.31. The first-order valence-electron chi connectivity index (χ1n) is 8.87. The van der Waals surface area contributed by atoms with Crippen molar-refractivity contribution in [2.75, 3.05) is 34.0 Å². The molecule has 0 radical (unpaired) electrons. The Labute approximate surface area is 164 Å². The van der Waals surface area contributed by atoms with E-state index in [0.29, 0.717) is 43.4 Å². The lowest BCUT2D eigenvalue weighted by molar-refractivity contribution is -0.120. The van der Waals surface area contributed by atoms with Crippen LogP contribution in [-0.2, 0) is 11.2 Å². The standard InChI is InChI=1S/C21H24N2O5/c1-25-17-6-4-7-18(15-17)27-13-14-28-21-16(5-3-8-19(21)26-2)10-12-23-20(24)9-11-22/h3-8,15H,9-10,12-14H2,1-2H3,(H,23,24). The molecule has 0 saturated carbocycles. The summed E-state index contributed by atoms with van der Waals surface area (Å²) in [6.45, 7) is 1.08. The molecule has 2 aromatic carbocycles. The molecule has 0 bridgehead atoms. The molecule has 148 valence electrons. The first-order chi connectivity index (χ1) is 13.7. The number of nitrogens with one attached hydrogen (secondary N) is 1. The second-order valence-electron chi connectivity index (χ2n) is 5.76. The lowest BCUT2D eigenvalue weighted by atomic mass is 10.1. The quantitative estimate of drug-likeness (QED) is 0.599. The minimum absolute atomic E-state index is 0.150. The number of para-hydroxylation sites is 1. The van der Waals surface area contributed by atoms with E-state index in [4.69, 9.17) is 24.2 Å². The van der Waals surface area contributed by atoms with Gasteiger partial charge in [0.25, 0.3) is 0 Å². The molecule has 7 nitrogen and oxygen atoms in total. The minimum Gasteiger partial charge on any atom is -0.497 e. The fourth-order valence-corrected chi connectivity index (χ4v) is 2.55. The number of hydrogen-bond acceptors (Lipinski definition) is 6. The monoisotopic (exact) mass is 384 g/mol. The summed E-state index contributed by atoms with van der Waals surface area (Å²) in [5.74, 6) is 2.36. The van der Waals surface area contributed by atoms with Gasteiger partial charge in [-0.15, -0.1) is 0 Å². The van der Waals surface area contributed by atoms with Crippen molar-refractivity contribution in [2.24, 2.45) is 0 Å². The van der Waals surface area contributed by atoms with Gasteiger partial charge in [0.05, 0.1) is 20.3 Å². The summed E-state index contributed by atoms with van der Waals surface area (Å²) in [4.78, 5) is 11.4. The largest absolute Gasteiger partial charge is 0.497 e. The molecular formula is C21H24N2O5. The van der Waals surface area contributed by atoms with Gasteiger partial charge in [0, 0.05) is 12.6 Å². The van der Waals surface area contributed by atoms with Crippen LogP contribution in [0.4, 0.5) is 0 Å². The van der Waals surface area contributed by atoms with Crippen molar-refractivity contribution in [3.63, 3.8) is 0 Å². The van der Waals surface area contributed by atoms with Crippen molar-refractivity contribution in [3.8, 4) is 29.1 Å². The molecule has 0 aliphatic rings. The van der Waals surface area contributed by atoms with Crippen molar-refractivity contribution in [2.45, 2.75) is 12.8 Å². The van der Waals surface area contributed by atoms with Gasteiger partial charge in [0.1, 0.15) is 31.1 Å². The molecule has 0 aliphatic heterocycles. The number of hydrogen-bond donors (Lipinski definition) is 1. The molecule has 1 amide bonds. The van der Waals surface area contributed by atoms with Crippen LogP contribution >= 0.6 is 0 Å². The highest BCUT2D eigenvalue weighted by atomic mass is 16.5. The molecule has 0 aromatic heterocycles. The second kappa shape index (κ2) is 11.3. The molecule has 0 unspecified atom stereocenters. The summed E-state index contributed by atoms with van der Waals surface area (Å²) in [6.07, 6.45) is 0.406. The van der Waals surface area contributed by atoms with Crippen LogP contribution in [0.5, 0.6) is 23.0 Å². The first-order valence-corrected chi connectivity index (χ1v) is 8.87.